The highest BCUT2D eigenvalue weighted by molar-refractivity contribution is 5.97. The molecule has 2 aromatic heterocycles. The molecule has 7 heteroatoms. The highest BCUT2D eigenvalue weighted by atomic mass is 19.1. The van der Waals surface area contributed by atoms with E-state index in [1.165, 1.54) is 12.1 Å². The van der Waals surface area contributed by atoms with Gasteiger partial charge in [0.15, 0.2) is 5.82 Å². The van der Waals surface area contributed by atoms with E-state index in [-0.39, 0.29) is 17.6 Å². The highest BCUT2D eigenvalue weighted by Crippen LogP contribution is 2.32. The molecular formula is C22H19FN4O2. The molecule has 0 radical (unpaired) electrons. The lowest BCUT2D eigenvalue weighted by Crippen LogP contribution is -2.25. The maximum atomic E-state index is 13.4. The highest BCUT2D eigenvalue weighted by Gasteiger charge is 2.35. The fourth-order valence-electron chi connectivity index (χ4n) is 3.98. The van der Waals surface area contributed by atoms with Crippen LogP contribution in [0.4, 0.5) is 10.1 Å². The third kappa shape index (κ3) is 3.18. The van der Waals surface area contributed by atoms with Crippen LogP contribution in [-0.4, -0.2) is 27.6 Å². The number of carbonyl (C=O) groups excluding carboxylic acids is 1. The number of aromatic nitrogens is 3. The van der Waals surface area contributed by atoms with Crippen LogP contribution < -0.4 is 4.90 Å². The van der Waals surface area contributed by atoms with Crippen molar-refractivity contribution < 1.29 is 13.7 Å². The number of fused-ring (bicyclic) bond motifs is 1. The first kappa shape index (κ1) is 17.6. The third-order valence-corrected chi connectivity index (χ3v) is 5.44. The molecule has 29 heavy (non-hydrogen) atoms. The van der Waals surface area contributed by atoms with Crippen LogP contribution in [0.15, 0.2) is 53.2 Å². The molecule has 1 fully saturated rings. The quantitative estimate of drug-likeness (QED) is 0.569. The molecule has 146 valence electrons. The molecule has 0 bridgehead atoms. The summed E-state index contributed by atoms with van der Waals surface area (Å²) in [7, 11) is 0. The minimum Gasteiger partial charge on any atom is -0.361 e. The van der Waals surface area contributed by atoms with Gasteiger partial charge in [-0.2, -0.15) is 4.98 Å². The Bertz CT molecular complexity index is 1210. The first-order valence-corrected chi connectivity index (χ1v) is 9.52. The number of para-hydroxylation sites is 1. The van der Waals surface area contributed by atoms with Crippen LogP contribution in [0.3, 0.4) is 0 Å². The smallest absolute Gasteiger partial charge is 0.231 e. The Hall–Kier alpha value is -3.48. The number of carbonyl (C=O) groups is 1. The van der Waals surface area contributed by atoms with Gasteiger partial charge in [-0.1, -0.05) is 23.4 Å². The maximum absolute atomic E-state index is 13.4. The lowest BCUT2D eigenvalue weighted by atomic mass is 10.1. The van der Waals surface area contributed by atoms with Crippen molar-refractivity contribution in [2.75, 3.05) is 11.4 Å². The Kier molecular flexibility index (Phi) is 4.16. The van der Waals surface area contributed by atoms with Crippen molar-refractivity contribution in [2.24, 2.45) is 0 Å². The van der Waals surface area contributed by atoms with Crippen molar-refractivity contribution in [1.82, 2.24) is 15.1 Å². The standard InChI is InChI=1S/C22H19FN4O2/c1-13-8-16(23)6-7-19(13)27-12-15(10-21(27)28)22-25-20(29-26-22)9-14-11-24-18-5-3-2-4-17(14)18/h2-8,11,15,24H,9-10,12H2,1H3. The zero-order chi connectivity index (χ0) is 20.0. The molecule has 5 rings (SSSR count). The van der Waals surface area contributed by atoms with E-state index in [2.05, 4.69) is 21.2 Å². The Balaban J connectivity index is 1.35. The number of rotatable bonds is 4. The second kappa shape index (κ2) is 6.84. The van der Waals surface area contributed by atoms with E-state index >= 15 is 0 Å². The first-order chi connectivity index (χ1) is 14.1. The summed E-state index contributed by atoms with van der Waals surface area (Å²) in [6.45, 7) is 2.25. The monoisotopic (exact) mass is 390 g/mol. The largest absolute Gasteiger partial charge is 0.361 e. The minimum atomic E-state index is -0.311. The summed E-state index contributed by atoms with van der Waals surface area (Å²) < 4.78 is 18.9. The number of aromatic amines is 1. The molecule has 3 heterocycles. The molecule has 1 amide bonds. The van der Waals surface area contributed by atoms with Crippen molar-refractivity contribution in [1.29, 1.82) is 0 Å². The molecular weight excluding hydrogens is 371 g/mol. The van der Waals surface area contributed by atoms with Crippen molar-refractivity contribution in [3.63, 3.8) is 0 Å². The van der Waals surface area contributed by atoms with Gasteiger partial charge < -0.3 is 14.4 Å². The van der Waals surface area contributed by atoms with Gasteiger partial charge in [-0.15, -0.1) is 0 Å². The summed E-state index contributed by atoms with van der Waals surface area (Å²) in [6, 6.07) is 12.5. The van der Waals surface area contributed by atoms with Gasteiger partial charge in [0.1, 0.15) is 5.82 Å². The maximum Gasteiger partial charge on any atom is 0.231 e. The Morgan fingerprint density at radius 2 is 2.14 bits per heavy atom. The molecule has 6 nitrogen and oxygen atoms in total. The van der Waals surface area contributed by atoms with Crippen LogP contribution in [0.2, 0.25) is 0 Å². The second-order valence-corrected chi connectivity index (χ2v) is 7.42. The number of benzene rings is 2. The molecule has 1 aliphatic heterocycles. The zero-order valence-corrected chi connectivity index (χ0v) is 15.9. The number of nitrogens with one attached hydrogen (secondary N) is 1. The van der Waals surface area contributed by atoms with Crippen LogP contribution >= 0.6 is 0 Å². The van der Waals surface area contributed by atoms with E-state index in [0.29, 0.717) is 31.1 Å². The molecule has 4 aromatic rings. The van der Waals surface area contributed by atoms with Crippen LogP contribution in [-0.2, 0) is 11.2 Å². The fraction of sp³-hybridized carbons (Fsp3) is 0.227. The molecule has 0 aliphatic carbocycles. The van der Waals surface area contributed by atoms with Gasteiger partial charge in [-0.05, 0) is 42.3 Å². The fourth-order valence-corrected chi connectivity index (χ4v) is 3.98. The second-order valence-electron chi connectivity index (χ2n) is 7.42. The number of hydrogen-bond acceptors (Lipinski definition) is 4. The molecule has 0 saturated carbocycles. The van der Waals surface area contributed by atoms with E-state index in [9.17, 15) is 9.18 Å². The first-order valence-electron chi connectivity index (χ1n) is 9.52. The summed E-state index contributed by atoms with van der Waals surface area (Å²) in [4.78, 5) is 22.0. The number of halogens is 1. The lowest BCUT2D eigenvalue weighted by Gasteiger charge is -2.18. The lowest BCUT2D eigenvalue weighted by molar-refractivity contribution is -0.117. The van der Waals surface area contributed by atoms with E-state index < -0.39 is 0 Å². The molecule has 1 saturated heterocycles. The topological polar surface area (TPSA) is 75.0 Å². The normalized spacial score (nSPS) is 16.8. The van der Waals surface area contributed by atoms with E-state index in [1.54, 1.807) is 17.9 Å². The Morgan fingerprint density at radius 1 is 1.28 bits per heavy atom. The van der Waals surface area contributed by atoms with Crippen molar-refractivity contribution in [3.05, 3.63) is 77.3 Å². The average Bonchev–Trinajstić information content (AvgIpc) is 3.42. The van der Waals surface area contributed by atoms with Crippen LogP contribution in [0.5, 0.6) is 0 Å². The number of nitrogens with zero attached hydrogens (tertiary/aromatic N) is 3. The van der Waals surface area contributed by atoms with Gasteiger partial charge in [-0.3, -0.25) is 4.79 Å². The minimum absolute atomic E-state index is 0.0207. The summed E-state index contributed by atoms with van der Waals surface area (Å²) in [5.41, 5.74) is 3.60. The predicted molar refractivity (Wildman–Crippen MR) is 106 cm³/mol. The van der Waals surface area contributed by atoms with Crippen molar-refractivity contribution in [3.8, 4) is 0 Å². The SMILES string of the molecule is Cc1cc(F)ccc1N1CC(c2noc(Cc3c[nH]c4ccccc34)n2)CC1=O. The number of aryl methyl sites for hydroxylation is 1. The predicted octanol–water partition coefficient (Wildman–Crippen LogP) is 4.11. The third-order valence-electron chi connectivity index (χ3n) is 5.44. The zero-order valence-electron chi connectivity index (χ0n) is 15.9. The molecule has 1 aliphatic rings. The Morgan fingerprint density at radius 3 is 3.00 bits per heavy atom. The summed E-state index contributed by atoms with van der Waals surface area (Å²) in [6.07, 6.45) is 2.79. The van der Waals surface area contributed by atoms with E-state index in [1.807, 2.05) is 24.4 Å². The summed E-state index contributed by atoms with van der Waals surface area (Å²) in [5.74, 6) is 0.582. The van der Waals surface area contributed by atoms with Gasteiger partial charge in [0.2, 0.25) is 11.8 Å². The molecule has 1 unspecified atom stereocenters. The van der Waals surface area contributed by atoms with Gasteiger partial charge in [0, 0.05) is 41.7 Å². The van der Waals surface area contributed by atoms with E-state index in [4.69, 9.17) is 4.52 Å². The van der Waals surface area contributed by atoms with Crippen molar-refractivity contribution in [2.45, 2.75) is 25.7 Å². The number of H-pyrrole nitrogens is 1. The van der Waals surface area contributed by atoms with Crippen molar-refractivity contribution >= 4 is 22.5 Å². The number of hydrogen-bond donors (Lipinski definition) is 1. The number of anilines is 1. The Labute approximate surface area is 166 Å². The van der Waals surface area contributed by atoms with Crippen LogP contribution in [0.1, 0.15) is 35.2 Å². The molecule has 0 spiro atoms. The van der Waals surface area contributed by atoms with Crippen LogP contribution in [0, 0.1) is 12.7 Å². The van der Waals surface area contributed by atoms with Gasteiger partial charge in [0.25, 0.3) is 0 Å². The number of amides is 1. The molecule has 1 N–H and O–H groups in total. The molecule has 1 atom stereocenters. The summed E-state index contributed by atoms with van der Waals surface area (Å²) in [5, 5.41) is 5.25. The van der Waals surface area contributed by atoms with Gasteiger partial charge >= 0.3 is 0 Å². The van der Waals surface area contributed by atoms with E-state index in [0.717, 1.165) is 27.7 Å². The van der Waals surface area contributed by atoms with Gasteiger partial charge in [0.05, 0.1) is 6.42 Å². The molecule has 2 aromatic carbocycles. The summed E-state index contributed by atoms with van der Waals surface area (Å²) >= 11 is 0. The average molecular weight is 390 g/mol. The van der Waals surface area contributed by atoms with Crippen LogP contribution in [0.25, 0.3) is 10.9 Å². The van der Waals surface area contributed by atoms with Gasteiger partial charge in [-0.25, -0.2) is 4.39 Å².